The van der Waals surface area contributed by atoms with Gasteiger partial charge in [-0.05, 0) is 60.2 Å². The summed E-state index contributed by atoms with van der Waals surface area (Å²) in [5.74, 6) is 0.887. The van der Waals surface area contributed by atoms with Crippen molar-refractivity contribution in [2.24, 2.45) is 0 Å². The fourth-order valence-electron chi connectivity index (χ4n) is 2.36. The largest absolute Gasteiger partial charge is 0.508 e. The van der Waals surface area contributed by atoms with E-state index in [1.54, 1.807) is 36.4 Å². The number of amides is 1. The van der Waals surface area contributed by atoms with Gasteiger partial charge in [0.05, 0.1) is 0 Å². The minimum Gasteiger partial charge on any atom is -0.508 e. The normalized spacial score (nSPS) is 10.7. The predicted octanol–water partition coefficient (Wildman–Crippen LogP) is 4.73. The van der Waals surface area contributed by atoms with E-state index in [9.17, 15) is 15.2 Å². The Morgan fingerprint density at radius 2 is 1.67 bits per heavy atom. The maximum Gasteiger partial charge on any atom is 0.266 e. The number of carbonyl (C=O) groups is 1. The van der Waals surface area contributed by atoms with Crippen LogP contribution in [0.25, 0.3) is 6.08 Å². The summed E-state index contributed by atoms with van der Waals surface area (Å²) in [6.07, 6.45) is 1.42. The van der Waals surface area contributed by atoms with E-state index in [2.05, 4.69) is 5.32 Å². The number of phenolic OH excluding ortho intramolecular Hbond substituents is 1. The third-order valence-electron chi connectivity index (χ3n) is 3.64. The van der Waals surface area contributed by atoms with Gasteiger partial charge in [0.15, 0.2) is 0 Å². The van der Waals surface area contributed by atoms with Crippen molar-refractivity contribution in [2.45, 2.75) is 0 Å². The Morgan fingerprint density at radius 3 is 2.33 bits per heavy atom. The van der Waals surface area contributed by atoms with Crippen LogP contribution in [0, 0.1) is 11.3 Å². The second-order valence-corrected chi connectivity index (χ2v) is 5.66. The maximum absolute atomic E-state index is 12.3. The van der Waals surface area contributed by atoms with Gasteiger partial charge >= 0.3 is 0 Å². The molecule has 1 amide bonds. The molecule has 0 atom stereocenters. The first-order valence-electron chi connectivity index (χ1n) is 8.19. The van der Waals surface area contributed by atoms with E-state index in [0.717, 1.165) is 5.75 Å². The number of rotatable bonds is 5. The molecule has 0 spiro atoms. The van der Waals surface area contributed by atoms with Crippen LogP contribution in [0.2, 0.25) is 0 Å². The van der Waals surface area contributed by atoms with Crippen LogP contribution >= 0.6 is 0 Å². The lowest BCUT2D eigenvalue weighted by atomic mass is 10.1. The van der Waals surface area contributed by atoms with Crippen molar-refractivity contribution < 1.29 is 14.6 Å². The Kier molecular flexibility index (Phi) is 5.51. The minimum absolute atomic E-state index is 0.0646. The van der Waals surface area contributed by atoms with Crippen molar-refractivity contribution in [3.8, 4) is 23.3 Å². The van der Waals surface area contributed by atoms with Crippen molar-refractivity contribution >= 4 is 17.7 Å². The smallest absolute Gasteiger partial charge is 0.266 e. The molecule has 0 aromatic heterocycles. The SMILES string of the molecule is N#C/C(=C\c1cccc(O)c1)C(=O)Nc1ccc(Oc2ccccc2)cc1. The molecule has 0 aliphatic carbocycles. The first-order valence-corrected chi connectivity index (χ1v) is 8.19. The lowest BCUT2D eigenvalue weighted by Gasteiger charge is -2.08. The second kappa shape index (κ2) is 8.37. The van der Waals surface area contributed by atoms with Gasteiger partial charge in [-0.2, -0.15) is 5.26 Å². The van der Waals surface area contributed by atoms with E-state index >= 15 is 0 Å². The van der Waals surface area contributed by atoms with Crippen LogP contribution in [0.3, 0.4) is 0 Å². The molecule has 2 N–H and O–H groups in total. The van der Waals surface area contributed by atoms with Gasteiger partial charge in [0.25, 0.3) is 5.91 Å². The zero-order chi connectivity index (χ0) is 19.1. The van der Waals surface area contributed by atoms with Crippen LogP contribution in [0.15, 0.2) is 84.4 Å². The highest BCUT2D eigenvalue weighted by Gasteiger charge is 2.10. The van der Waals surface area contributed by atoms with Crippen LogP contribution in [0.4, 0.5) is 5.69 Å². The third-order valence-corrected chi connectivity index (χ3v) is 3.64. The Bertz CT molecular complexity index is 1000. The quantitative estimate of drug-likeness (QED) is 0.511. The molecule has 0 saturated heterocycles. The lowest BCUT2D eigenvalue weighted by molar-refractivity contribution is -0.112. The zero-order valence-electron chi connectivity index (χ0n) is 14.3. The molecular formula is C22H16N2O3. The van der Waals surface area contributed by atoms with Gasteiger partial charge in [-0.3, -0.25) is 4.79 Å². The molecule has 0 aliphatic heterocycles. The molecule has 3 aromatic rings. The standard InChI is InChI=1S/C22H16N2O3/c23-15-17(13-16-5-4-6-19(25)14-16)22(26)24-18-9-11-21(12-10-18)27-20-7-2-1-3-8-20/h1-14,25H,(H,24,26)/b17-13+. The molecule has 0 heterocycles. The summed E-state index contributed by atoms with van der Waals surface area (Å²) in [7, 11) is 0. The lowest BCUT2D eigenvalue weighted by Crippen LogP contribution is -2.13. The van der Waals surface area contributed by atoms with E-state index in [4.69, 9.17) is 4.74 Å². The molecule has 0 unspecified atom stereocenters. The Balaban J connectivity index is 1.68. The van der Waals surface area contributed by atoms with Crippen molar-refractivity contribution in [3.05, 3.63) is 90.0 Å². The van der Waals surface area contributed by atoms with Crippen LogP contribution in [0.1, 0.15) is 5.56 Å². The molecule has 0 saturated carbocycles. The third kappa shape index (κ3) is 4.97. The molecule has 3 aromatic carbocycles. The number of para-hydroxylation sites is 1. The summed E-state index contributed by atoms with van der Waals surface area (Å²) in [5.41, 5.74) is 1.04. The summed E-state index contributed by atoms with van der Waals surface area (Å²) >= 11 is 0. The number of nitrogens with one attached hydrogen (secondary N) is 1. The number of phenols is 1. The fourth-order valence-corrected chi connectivity index (χ4v) is 2.36. The summed E-state index contributed by atoms with van der Waals surface area (Å²) in [4.78, 5) is 12.3. The molecule has 132 valence electrons. The number of hydrogen-bond acceptors (Lipinski definition) is 4. The molecule has 5 heteroatoms. The molecule has 27 heavy (non-hydrogen) atoms. The van der Waals surface area contributed by atoms with Crippen LogP contribution in [-0.4, -0.2) is 11.0 Å². The highest BCUT2D eigenvalue weighted by Crippen LogP contribution is 2.23. The summed E-state index contributed by atoms with van der Waals surface area (Å²) in [5, 5.41) is 21.4. The molecule has 0 fully saturated rings. The number of ether oxygens (including phenoxy) is 1. The number of carbonyl (C=O) groups excluding carboxylic acids is 1. The van der Waals surface area contributed by atoms with E-state index in [0.29, 0.717) is 17.0 Å². The van der Waals surface area contributed by atoms with Gasteiger partial charge in [-0.15, -0.1) is 0 Å². The summed E-state index contributed by atoms with van der Waals surface area (Å²) in [6, 6.07) is 24.4. The highest BCUT2D eigenvalue weighted by atomic mass is 16.5. The van der Waals surface area contributed by atoms with Gasteiger partial charge < -0.3 is 15.2 Å². The van der Waals surface area contributed by atoms with E-state index in [-0.39, 0.29) is 11.3 Å². The number of nitrogens with zero attached hydrogens (tertiary/aromatic N) is 1. The first kappa shape index (κ1) is 17.8. The van der Waals surface area contributed by atoms with Crippen LogP contribution < -0.4 is 10.1 Å². The highest BCUT2D eigenvalue weighted by molar-refractivity contribution is 6.09. The predicted molar refractivity (Wildman–Crippen MR) is 103 cm³/mol. The van der Waals surface area contributed by atoms with Gasteiger partial charge in [0.1, 0.15) is 28.9 Å². The zero-order valence-corrected chi connectivity index (χ0v) is 14.3. The Labute approximate surface area is 156 Å². The molecular weight excluding hydrogens is 340 g/mol. The van der Waals surface area contributed by atoms with Crippen molar-refractivity contribution in [2.75, 3.05) is 5.32 Å². The van der Waals surface area contributed by atoms with Crippen molar-refractivity contribution in [3.63, 3.8) is 0 Å². The number of nitriles is 1. The van der Waals surface area contributed by atoms with Crippen molar-refractivity contribution in [1.82, 2.24) is 0 Å². The number of hydrogen-bond donors (Lipinski definition) is 2. The van der Waals surface area contributed by atoms with Crippen LogP contribution in [0.5, 0.6) is 17.2 Å². The average Bonchev–Trinajstić information content (AvgIpc) is 2.68. The van der Waals surface area contributed by atoms with Crippen molar-refractivity contribution in [1.29, 1.82) is 5.26 Å². The van der Waals surface area contributed by atoms with Gasteiger partial charge in [-0.1, -0.05) is 30.3 Å². The Morgan fingerprint density at radius 1 is 0.963 bits per heavy atom. The monoisotopic (exact) mass is 356 g/mol. The summed E-state index contributed by atoms with van der Waals surface area (Å²) < 4.78 is 5.70. The Hall–Kier alpha value is -4.04. The second-order valence-electron chi connectivity index (χ2n) is 5.66. The molecule has 0 bridgehead atoms. The first-order chi connectivity index (χ1) is 13.1. The van der Waals surface area contributed by atoms with E-state index in [1.165, 1.54) is 18.2 Å². The van der Waals surface area contributed by atoms with E-state index in [1.807, 2.05) is 36.4 Å². The molecule has 3 rings (SSSR count). The average molecular weight is 356 g/mol. The topological polar surface area (TPSA) is 82.3 Å². The van der Waals surface area contributed by atoms with Crippen LogP contribution in [-0.2, 0) is 4.79 Å². The van der Waals surface area contributed by atoms with Gasteiger partial charge in [0, 0.05) is 5.69 Å². The number of benzene rings is 3. The number of anilines is 1. The fraction of sp³-hybridized carbons (Fsp3) is 0. The van der Waals surface area contributed by atoms with Gasteiger partial charge in [-0.25, -0.2) is 0 Å². The van der Waals surface area contributed by atoms with Gasteiger partial charge in [0.2, 0.25) is 0 Å². The molecule has 0 aliphatic rings. The minimum atomic E-state index is -0.530. The number of aromatic hydroxyl groups is 1. The van der Waals surface area contributed by atoms with E-state index < -0.39 is 5.91 Å². The maximum atomic E-state index is 12.3. The molecule has 0 radical (unpaired) electrons. The summed E-state index contributed by atoms with van der Waals surface area (Å²) in [6.45, 7) is 0. The molecule has 5 nitrogen and oxygen atoms in total.